The number of rotatable bonds is 2. The number of nitrogens with two attached hydrogens (primary N) is 1. The van der Waals surface area contributed by atoms with Crippen molar-refractivity contribution in [2.24, 2.45) is 12.8 Å². The number of halogens is 1. The first-order chi connectivity index (χ1) is 5.15. The molecule has 3 N–H and O–H groups in total. The van der Waals surface area contributed by atoms with Gasteiger partial charge in [0.05, 0.1) is 18.3 Å². The van der Waals surface area contributed by atoms with E-state index >= 15 is 0 Å². The van der Waals surface area contributed by atoms with Crippen LogP contribution in [0.2, 0.25) is 0 Å². The van der Waals surface area contributed by atoms with Crippen LogP contribution in [0, 0.1) is 0 Å². The Labute approximate surface area is 73.1 Å². The number of aliphatic hydroxyl groups excluding tert-OH is 1. The maximum Gasteiger partial charge on any atom is 0.128 e. The Hall–Kier alpha value is -0.390. The van der Waals surface area contributed by atoms with E-state index in [0.29, 0.717) is 0 Å². The van der Waals surface area contributed by atoms with Crippen LogP contribution in [-0.4, -0.2) is 21.5 Å². The van der Waals surface area contributed by atoms with Crippen LogP contribution in [0.1, 0.15) is 11.7 Å². The van der Waals surface area contributed by atoms with Crippen LogP contribution in [0.3, 0.4) is 0 Å². The molecule has 0 radical (unpaired) electrons. The van der Waals surface area contributed by atoms with Gasteiger partial charge >= 0.3 is 0 Å². The summed E-state index contributed by atoms with van der Waals surface area (Å²) in [4.78, 5) is 0. The van der Waals surface area contributed by atoms with Gasteiger partial charge in [0.2, 0.25) is 0 Å². The van der Waals surface area contributed by atoms with Gasteiger partial charge in [-0.25, -0.2) is 0 Å². The summed E-state index contributed by atoms with van der Waals surface area (Å²) in [5.41, 5.74) is 6.40. The highest BCUT2D eigenvalue weighted by Gasteiger charge is 2.09. The SMILES string of the molecule is Cn1nc(Br)cc1[C@@H](N)CO. The highest BCUT2D eigenvalue weighted by atomic mass is 79.9. The van der Waals surface area contributed by atoms with E-state index in [-0.39, 0.29) is 12.6 Å². The van der Waals surface area contributed by atoms with Crippen LogP contribution in [0.4, 0.5) is 0 Å². The number of aliphatic hydroxyl groups is 1. The molecule has 11 heavy (non-hydrogen) atoms. The summed E-state index contributed by atoms with van der Waals surface area (Å²) in [6, 6.07) is 1.44. The molecule has 0 saturated heterocycles. The molecule has 0 fully saturated rings. The zero-order valence-corrected chi connectivity index (χ0v) is 7.74. The molecule has 5 heteroatoms. The molecule has 0 bridgehead atoms. The summed E-state index contributed by atoms with van der Waals surface area (Å²) in [5.74, 6) is 0. The normalized spacial score (nSPS) is 13.5. The molecule has 1 rings (SSSR count). The summed E-state index contributed by atoms with van der Waals surface area (Å²) < 4.78 is 2.38. The minimum absolute atomic E-state index is 0.0635. The molecule has 0 spiro atoms. The van der Waals surface area contributed by atoms with E-state index in [1.165, 1.54) is 0 Å². The lowest BCUT2D eigenvalue weighted by Gasteiger charge is -2.06. The lowest BCUT2D eigenvalue weighted by Crippen LogP contribution is -2.17. The molecular weight excluding hydrogens is 210 g/mol. The third-order valence-corrected chi connectivity index (χ3v) is 1.85. The Balaban J connectivity index is 2.93. The molecule has 1 aromatic heterocycles. The van der Waals surface area contributed by atoms with Gasteiger partial charge in [0.25, 0.3) is 0 Å². The molecule has 0 amide bonds. The summed E-state index contributed by atoms with van der Waals surface area (Å²) >= 11 is 3.21. The maximum atomic E-state index is 8.74. The molecule has 1 aromatic rings. The summed E-state index contributed by atoms with van der Waals surface area (Å²) in [5, 5.41) is 12.8. The molecular formula is C6H10BrN3O. The Morgan fingerprint density at radius 2 is 2.55 bits per heavy atom. The van der Waals surface area contributed by atoms with Crippen LogP contribution in [0.15, 0.2) is 10.7 Å². The fourth-order valence-electron chi connectivity index (χ4n) is 0.886. The van der Waals surface area contributed by atoms with Crippen molar-refractivity contribution in [2.75, 3.05) is 6.61 Å². The van der Waals surface area contributed by atoms with Crippen molar-refractivity contribution in [3.63, 3.8) is 0 Å². The molecule has 62 valence electrons. The minimum atomic E-state index is -0.348. The molecule has 0 aliphatic carbocycles. The minimum Gasteiger partial charge on any atom is -0.394 e. The Bertz CT molecular complexity index is 248. The predicted molar refractivity (Wildman–Crippen MR) is 44.9 cm³/mol. The highest BCUT2D eigenvalue weighted by Crippen LogP contribution is 2.14. The van der Waals surface area contributed by atoms with Crippen LogP contribution in [0.5, 0.6) is 0 Å². The van der Waals surface area contributed by atoms with Crippen molar-refractivity contribution in [1.29, 1.82) is 0 Å². The van der Waals surface area contributed by atoms with E-state index in [1.807, 2.05) is 0 Å². The lowest BCUT2D eigenvalue weighted by molar-refractivity contribution is 0.263. The quantitative estimate of drug-likeness (QED) is 0.746. The average molecular weight is 220 g/mol. The molecule has 1 heterocycles. The topological polar surface area (TPSA) is 64.1 Å². The van der Waals surface area contributed by atoms with Gasteiger partial charge in [-0.15, -0.1) is 0 Å². The second-order valence-corrected chi connectivity index (χ2v) is 3.12. The van der Waals surface area contributed by atoms with E-state index < -0.39 is 0 Å². The lowest BCUT2D eigenvalue weighted by atomic mass is 10.2. The van der Waals surface area contributed by atoms with Gasteiger partial charge in [0.1, 0.15) is 4.60 Å². The van der Waals surface area contributed by atoms with Gasteiger partial charge < -0.3 is 10.8 Å². The second kappa shape index (κ2) is 3.34. The first-order valence-corrected chi connectivity index (χ1v) is 4.00. The third-order valence-electron chi connectivity index (χ3n) is 1.46. The van der Waals surface area contributed by atoms with Crippen molar-refractivity contribution in [2.45, 2.75) is 6.04 Å². The van der Waals surface area contributed by atoms with E-state index in [2.05, 4.69) is 21.0 Å². The monoisotopic (exact) mass is 219 g/mol. The number of aryl methyl sites for hydroxylation is 1. The molecule has 0 aliphatic heterocycles. The van der Waals surface area contributed by atoms with Crippen LogP contribution < -0.4 is 5.73 Å². The fourth-order valence-corrected chi connectivity index (χ4v) is 1.36. The Morgan fingerprint density at radius 1 is 1.91 bits per heavy atom. The second-order valence-electron chi connectivity index (χ2n) is 2.30. The average Bonchev–Trinajstić information content (AvgIpc) is 2.28. The highest BCUT2D eigenvalue weighted by molar-refractivity contribution is 9.10. The van der Waals surface area contributed by atoms with Gasteiger partial charge in [-0.2, -0.15) is 5.10 Å². The van der Waals surface area contributed by atoms with Crippen molar-refractivity contribution < 1.29 is 5.11 Å². The molecule has 0 unspecified atom stereocenters. The van der Waals surface area contributed by atoms with Gasteiger partial charge in [0, 0.05) is 7.05 Å². The predicted octanol–water partition coefficient (Wildman–Crippen LogP) is 0.175. The fraction of sp³-hybridized carbons (Fsp3) is 0.500. The first-order valence-electron chi connectivity index (χ1n) is 3.21. The van der Waals surface area contributed by atoms with E-state index in [0.717, 1.165) is 10.3 Å². The third kappa shape index (κ3) is 1.79. The molecule has 0 saturated carbocycles. The van der Waals surface area contributed by atoms with Gasteiger partial charge in [0.15, 0.2) is 0 Å². The van der Waals surface area contributed by atoms with Crippen molar-refractivity contribution in [3.05, 3.63) is 16.4 Å². The van der Waals surface area contributed by atoms with Crippen molar-refractivity contribution in [3.8, 4) is 0 Å². The van der Waals surface area contributed by atoms with Crippen molar-refractivity contribution in [1.82, 2.24) is 9.78 Å². The standard InChI is InChI=1S/C6H10BrN3O/c1-10-5(4(8)3-11)2-6(7)9-10/h2,4,11H,3,8H2,1H3/t4-/m0/s1. The largest absolute Gasteiger partial charge is 0.394 e. The van der Waals surface area contributed by atoms with Crippen LogP contribution >= 0.6 is 15.9 Å². The molecule has 1 atom stereocenters. The van der Waals surface area contributed by atoms with Crippen molar-refractivity contribution >= 4 is 15.9 Å². The van der Waals surface area contributed by atoms with E-state index in [4.69, 9.17) is 10.8 Å². The Kier molecular flexibility index (Phi) is 2.64. The number of nitrogens with zero attached hydrogens (tertiary/aromatic N) is 2. The molecule has 0 aliphatic rings. The van der Waals surface area contributed by atoms with Crippen LogP contribution in [-0.2, 0) is 7.05 Å². The zero-order chi connectivity index (χ0) is 8.43. The van der Waals surface area contributed by atoms with E-state index in [9.17, 15) is 0 Å². The first kappa shape index (κ1) is 8.70. The zero-order valence-electron chi connectivity index (χ0n) is 6.16. The Morgan fingerprint density at radius 3 is 2.91 bits per heavy atom. The number of hydrogen-bond donors (Lipinski definition) is 2. The summed E-state index contributed by atoms with van der Waals surface area (Å²) in [6.45, 7) is -0.0635. The van der Waals surface area contributed by atoms with Crippen LogP contribution in [0.25, 0.3) is 0 Å². The maximum absolute atomic E-state index is 8.74. The molecule has 4 nitrogen and oxygen atoms in total. The smallest absolute Gasteiger partial charge is 0.128 e. The summed E-state index contributed by atoms with van der Waals surface area (Å²) in [6.07, 6.45) is 0. The summed E-state index contributed by atoms with van der Waals surface area (Å²) in [7, 11) is 1.79. The van der Waals surface area contributed by atoms with E-state index in [1.54, 1.807) is 17.8 Å². The van der Waals surface area contributed by atoms with Gasteiger partial charge in [-0.05, 0) is 22.0 Å². The molecule has 0 aromatic carbocycles. The number of hydrogen-bond acceptors (Lipinski definition) is 3. The van der Waals surface area contributed by atoms with Gasteiger partial charge in [-0.3, -0.25) is 4.68 Å². The number of aromatic nitrogens is 2. The van der Waals surface area contributed by atoms with Gasteiger partial charge in [-0.1, -0.05) is 0 Å².